The molecule has 0 aliphatic carbocycles. The summed E-state index contributed by atoms with van der Waals surface area (Å²) in [4.78, 5) is 4.30. The Bertz CT molecular complexity index is 596. The van der Waals surface area contributed by atoms with Crippen molar-refractivity contribution >= 4 is 17.8 Å². The summed E-state index contributed by atoms with van der Waals surface area (Å²) in [5.41, 5.74) is 1.59. The Labute approximate surface area is 117 Å². The largest absolute Gasteiger partial charge is 0.507 e. The second kappa shape index (κ2) is 6.25. The molecule has 0 aliphatic rings. The number of methoxy groups -OCH3 is 1. The third-order valence-corrected chi connectivity index (χ3v) is 2.91. The van der Waals surface area contributed by atoms with Crippen molar-refractivity contribution in [2.45, 2.75) is 6.54 Å². The maximum absolute atomic E-state index is 9.66. The van der Waals surface area contributed by atoms with Gasteiger partial charge in [0.05, 0.1) is 13.7 Å². The summed E-state index contributed by atoms with van der Waals surface area (Å²) in [6, 6.07) is 12.5. The fraction of sp³-hybridized carbons (Fsp3) is 0.133. The highest BCUT2D eigenvalue weighted by atomic mass is 35.5. The molecule has 4 heteroatoms. The number of para-hydroxylation sites is 1. The van der Waals surface area contributed by atoms with E-state index in [1.54, 1.807) is 31.5 Å². The van der Waals surface area contributed by atoms with Gasteiger partial charge in [0.15, 0.2) is 0 Å². The molecule has 19 heavy (non-hydrogen) atoms. The molecule has 0 atom stereocenters. The number of hydrogen-bond acceptors (Lipinski definition) is 3. The van der Waals surface area contributed by atoms with Crippen molar-refractivity contribution in [3.63, 3.8) is 0 Å². The minimum Gasteiger partial charge on any atom is -0.507 e. The highest BCUT2D eigenvalue weighted by Crippen LogP contribution is 2.21. The van der Waals surface area contributed by atoms with E-state index in [0.717, 1.165) is 11.3 Å². The van der Waals surface area contributed by atoms with Gasteiger partial charge in [0, 0.05) is 22.4 Å². The van der Waals surface area contributed by atoms with Crippen LogP contribution >= 0.6 is 11.6 Å². The van der Waals surface area contributed by atoms with Gasteiger partial charge >= 0.3 is 0 Å². The van der Waals surface area contributed by atoms with Crippen LogP contribution in [-0.4, -0.2) is 18.4 Å². The number of rotatable bonds is 4. The summed E-state index contributed by atoms with van der Waals surface area (Å²) in [6.07, 6.45) is 1.60. The zero-order valence-electron chi connectivity index (χ0n) is 10.5. The van der Waals surface area contributed by atoms with Gasteiger partial charge < -0.3 is 9.84 Å². The fourth-order valence-corrected chi connectivity index (χ4v) is 1.89. The molecular formula is C15H14ClNO2. The predicted octanol–water partition coefficient (Wildman–Crippen LogP) is 3.67. The van der Waals surface area contributed by atoms with Crippen LogP contribution in [-0.2, 0) is 6.54 Å². The van der Waals surface area contributed by atoms with Crippen LogP contribution in [0.15, 0.2) is 47.5 Å². The van der Waals surface area contributed by atoms with Crippen molar-refractivity contribution < 1.29 is 9.84 Å². The van der Waals surface area contributed by atoms with Crippen LogP contribution < -0.4 is 4.74 Å². The minimum atomic E-state index is 0.160. The lowest BCUT2D eigenvalue weighted by molar-refractivity contribution is 0.410. The van der Waals surface area contributed by atoms with Gasteiger partial charge in [-0.3, -0.25) is 4.99 Å². The Hall–Kier alpha value is -2.00. The molecule has 3 nitrogen and oxygen atoms in total. The van der Waals surface area contributed by atoms with E-state index in [4.69, 9.17) is 16.3 Å². The van der Waals surface area contributed by atoms with Gasteiger partial charge in [-0.1, -0.05) is 29.8 Å². The molecule has 1 N–H and O–H groups in total. The molecule has 98 valence electrons. The molecule has 2 aromatic carbocycles. The molecule has 0 amide bonds. The first-order chi connectivity index (χ1) is 9.20. The zero-order chi connectivity index (χ0) is 13.7. The number of aromatic hydroxyl groups is 1. The number of nitrogens with zero attached hydrogens (tertiary/aromatic N) is 1. The molecule has 2 rings (SSSR count). The summed E-state index contributed by atoms with van der Waals surface area (Å²) in [7, 11) is 1.63. The third-order valence-electron chi connectivity index (χ3n) is 2.67. The number of aliphatic imine (C=N–C) groups is 1. The normalized spacial score (nSPS) is 10.8. The summed E-state index contributed by atoms with van der Waals surface area (Å²) < 4.78 is 5.25. The Morgan fingerprint density at radius 3 is 2.84 bits per heavy atom. The van der Waals surface area contributed by atoms with Crippen molar-refractivity contribution in [1.82, 2.24) is 0 Å². The summed E-state index contributed by atoms with van der Waals surface area (Å²) in [5.74, 6) is 0.961. The van der Waals surface area contributed by atoms with Gasteiger partial charge in [-0.05, 0) is 24.3 Å². The molecule has 0 aromatic heterocycles. The zero-order valence-corrected chi connectivity index (χ0v) is 11.3. The van der Waals surface area contributed by atoms with Crippen molar-refractivity contribution in [2.75, 3.05) is 7.11 Å². The standard InChI is InChI=1S/C15H14ClNO2/c1-19-15-5-3-2-4-11(15)9-17-10-12-8-13(16)6-7-14(12)18/h2-8,10,18H,9H2,1H3. The second-order valence-electron chi connectivity index (χ2n) is 3.98. The van der Waals surface area contributed by atoms with E-state index in [2.05, 4.69) is 4.99 Å². The van der Waals surface area contributed by atoms with Gasteiger partial charge in [0.2, 0.25) is 0 Å². The minimum absolute atomic E-state index is 0.160. The Balaban J connectivity index is 2.13. The van der Waals surface area contributed by atoms with E-state index >= 15 is 0 Å². The number of phenolic OH excluding ortho intramolecular Hbond substituents is 1. The van der Waals surface area contributed by atoms with Crippen LogP contribution in [0.4, 0.5) is 0 Å². The number of hydrogen-bond donors (Lipinski definition) is 1. The van der Waals surface area contributed by atoms with E-state index < -0.39 is 0 Å². The van der Waals surface area contributed by atoms with Crippen LogP contribution in [0.25, 0.3) is 0 Å². The van der Waals surface area contributed by atoms with Crippen molar-refractivity contribution in [3.8, 4) is 11.5 Å². The van der Waals surface area contributed by atoms with E-state index in [0.29, 0.717) is 17.1 Å². The molecule has 0 bridgehead atoms. The maximum atomic E-state index is 9.66. The van der Waals surface area contributed by atoms with Gasteiger partial charge in [-0.2, -0.15) is 0 Å². The lowest BCUT2D eigenvalue weighted by Crippen LogP contribution is -1.91. The summed E-state index contributed by atoms with van der Waals surface area (Å²) >= 11 is 5.87. The number of benzene rings is 2. The van der Waals surface area contributed by atoms with Crippen molar-refractivity contribution in [1.29, 1.82) is 0 Å². The quantitative estimate of drug-likeness (QED) is 0.865. The summed E-state index contributed by atoms with van der Waals surface area (Å²) in [5, 5.41) is 10.2. The maximum Gasteiger partial charge on any atom is 0.124 e. The lowest BCUT2D eigenvalue weighted by atomic mass is 10.2. The second-order valence-corrected chi connectivity index (χ2v) is 4.42. The molecule has 0 saturated heterocycles. The molecule has 0 radical (unpaired) electrons. The molecule has 0 aliphatic heterocycles. The highest BCUT2D eigenvalue weighted by Gasteiger charge is 2.01. The molecule has 0 unspecified atom stereocenters. The molecule has 2 aromatic rings. The number of halogens is 1. The number of phenols is 1. The first kappa shape index (κ1) is 13.4. The van der Waals surface area contributed by atoms with Crippen LogP contribution in [0.3, 0.4) is 0 Å². The Kier molecular flexibility index (Phi) is 4.42. The topological polar surface area (TPSA) is 41.8 Å². The molecule has 0 spiro atoms. The highest BCUT2D eigenvalue weighted by molar-refractivity contribution is 6.30. The van der Waals surface area contributed by atoms with Crippen LogP contribution in [0.5, 0.6) is 11.5 Å². The van der Waals surface area contributed by atoms with Crippen molar-refractivity contribution in [2.24, 2.45) is 4.99 Å². The van der Waals surface area contributed by atoms with Gasteiger partial charge in [0.25, 0.3) is 0 Å². The molecule has 0 heterocycles. The first-order valence-corrected chi connectivity index (χ1v) is 6.18. The van der Waals surface area contributed by atoms with E-state index in [9.17, 15) is 5.11 Å². The lowest BCUT2D eigenvalue weighted by Gasteiger charge is -2.05. The molecule has 0 saturated carbocycles. The SMILES string of the molecule is COc1ccccc1CN=Cc1cc(Cl)ccc1O. The van der Waals surface area contributed by atoms with Crippen LogP contribution in [0.2, 0.25) is 5.02 Å². The average Bonchev–Trinajstić information content (AvgIpc) is 2.43. The predicted molar refractivity (Wildman–Crippen MR) is 77.4 cm³/mol. The Morgan fingerprint density at radius 1 is 1.26 bits per heavy atom. The van der Waals surface area contributed by atoms with Gasteiger partial charge in [-0.25, -0.2) is 0 Å². The molecule has 0 fully saturated rings. The van der Waals surface area contributed by atoms with Gasteiger partial charge in [-0.15, -0.1) is 0 Å². The monoisotopic (exact) mass is 275 g/mol. The van der Waals surface area contributed by atoms with Crippen LogP contribution in [0, 0.1) is 0 Å². The van der Waals surface area contributed by atoms with Gasteiger partial charge in [0.1, 0.15) is 11.5 Å². The fourth-order valence-electron chi connectivity index (χ4n) is 1.70. The Morgan fingerprint density at radius 2 is 2.05 bits per heavy atom. The average molecular weight is 276 g/mol. The molecular weight excluding hydrogens is 262 g/mol. The van der Waals surface area contributed by atoms with E-state index in [-0.39, 0.29) is 5.75 Å². The van der Waals surface area contributed by atoms with Crippen molar-refractivity contribution in [3.05, 3.63) is 58.6 Å². The summed E-state index contributed by atoms with van der Waals surface area (Å²) in [6.45, 7) is 0.482. The number of ether oxygens (including phenoxy) is 1. The first-order valence-electron chi connectivity index (χ1n) is 5.81. The van der Waals surface area contributed by atoms with E-state index in [1.807, 2.05) is 24.3 Å². The third kappa shape index (κ3) is 3.48. The van der Waals surface area contributed by atoms with E-state index in [1.165, 1.54) is 0 Å². The van der Waals surface area contributed by atoms with Crippen LogP contribution in [0.1, 0.15) is 11.1 Å². The smallest absolute Gasteiger partial charge is 0.124 e.